The molecule has 2 rings (SSSR count). The maximum absolute atomic E-state index is 12.0. The van der Waals surface area contributed by atoms with E-state index in [2.05, 4.69) is 21.4 Å². The van der Waals surface area contributed by atoms with E-state index in [1.165, 1.54) is 19.3 Å². The lowest BCUT2D eigenvalue weighted by molar-refractivity contribution is -0.144. The van der Waals surface area contributed by atoms with Crippen LogP contribution >= 0.6 is 0 Å². The minimum Gasteiger partial charge on any atom is -0.466 e. The molecule has 0 N–H and O–H groups in total. The number of hydrogen-bond donors (Lipinski definition) is 0. The number of carbonyl (C=O) groups is 1. The number of aromatic nitrogens is 2. The van der Waals surface area contributed by atoms with Crippen molar-refractivity contribution in [3.05, 3.63) is 18.2 Å². The fourth-order valence-electron chi connectivity index (χ4n) is 3.06. The highest BCUT2D eigenvalue weighted by Crippen LogP contribution is 2.28. The third-order valence-corrected chi connectivity index (χ3v) is 4.05. The molecule has 1 unspecified atom stereocenters. The van der Waals surface area contributed by atoms with Gasteiger partial charge in [-0.05, 0) is 39.3 Å². The highest BCUT2D eigenvalue weighted by molar-refractivity contribution is 5.70. The number of ether oxygens (including phenoxy) is 1. The summed E-state index contributed by atoms with van der Waals surface area (Å²) in [5, 5.41) is 0. The standard InChI is InChI=1S/C16H27N3O2/c1-3-8-19-13-17-12-15(19)14(11-16(20)21-4-2)18-9-6-5-7-10-18/h12-14H,3-11H2,1-2H3. The van der Waals surface area contributed by atoms with Crippen molar-refractivity contribution in [2.75, 3.05) is 19.7 Å². The summed E-state index contributed by atoms with van der Waals surface area (Å²) in [5.41, 5.74) is 1.15. The predicted octanol–water partition coefficient (Wildman–Crippen LogP) is 2.77. The minimum atomic E-state index is -0.114. The molecule has 1 aliphatic rings. The molecule has 1 fully saturated rings. The molecule has 0 radical (unpaired) electrons. The first-order chi connectivity index (χ1) is 10.3. The Labute approximate surface area is 127 Å². The van der Waals surface area contributed by atoms with Gasteiger partial charge in [0, 0.05) is 12.7 Å². The van der Waals surface area contributed by atoms with Gasteiger partial charge in [0.15, 0.2) is 0 Å². The van der Waals surface area contributed by atoms with Crippen LogP contribution in [0.1, 0.15) is 57.7 Å². The Balaban J connectivity index is 2.17. The molecule has 5 nitrogen and oxygen atoms in total. The van der Waals surface area contributed by atoms with Crippen molar-refractivity contribution in [2.24, 2.45) is 0 Å². The first-order valence-electron chi connectivity index (χ1n) is 8.16. The smallest absolute Gasteiger partial charge is 0.307 e. The van der Waals surface area contributed by atoms with Gasteiger partial charge in [-0.3, -0.25) is 9.69 Å². The van der Waals surface area contributed by atoms with Gasteiger partial charge in [-0.25, -0.2) is 4.98 Å². The molecule has 0 spiro atoms. The van der Waals surface area contributed by atoms with Crippen molar-refractivity contribution >= 4 is 5.97 Å². The van der Waals surface area contributed by atoms with Crippen LogP contribution in [0.4, 0.5) is 0 Å². The molecule has 118 valence electrons. The number of hydrogen-bond acceptors (Lipinski definition) is 4. The number of rotatable bonds is 7. The van der Waals surface area contributed by atoms with E-state index < -0.39 is 0 Å². The second-order valence-corrected chi connectivity index (χ2v) is 5.63. The molecule has 0 amide bonds. The highest BCUT2D eigenvalue weighted by atomic mass is 16.5. The summed E-state index contributed by atoms with van der Waals surface area (Å²) in [6, 6.07) is 0.0957. The molecule has 1 atom stereocenters. The van der Waals surface area contributed by atoms with Crippen molar-refractivity contribution in [1.29, 1.82) is 0 Å². The lowest BCUT2D eigenvalue weighted by Gasteiger charge is -2.34. The van der Waals surface area contributed by atoms with Gasteiger partial charge < -0.3 is 9.30 Å². The van der Waals surface area contributed by atoms with Gasteiger partial charge >= 0.3 is 5.97 Å². The van der Waals surface area contributed by atoms with Crippen molar-refractivity contribution in [1.82, 2.24) is 14.5 Å². The van der Waals surface area contributed by atoms with Crippen LogP contribution < -0.4 is 0 Å². The molecule has 2 heterocycles. The number of likely N-dealkylation sites (tertiary alicyclic amines) is 1. The van der Waals surface area contributed by atoms with Gasteiger partial charge in [0.25, 0.3) is 0 Å². The van der Waals surface area contributed by atoms with E-state index in [0.717, 1.165) is 31.7 Å². The van der Waals surface area contributed by atoms with E-state index in [-0.39, 0.29) is 12.0 Å². The van der Waals surface area contributed by atoms with Crippen LogP contribution in [-0.2, 0) is 16.1 Å². The highest BCUT2D eigenvalue weighted by Gasteiger charge is 2.27. The van der Waals surface area contributed by atoms with Crippen molar-refractivity contribution < 1.29 is 9.53 Å². The summed E-state index contributed by atoms with van der Waals surface area (Å²) in [7, 11) is 0. The number of esters is 1. The molecule has 0 bridgehead atoms. The summed E-state index contributed by atoms with van der Waals surface area (Å²) in [6.07, 6.45) is 8.98. The fraction of sp³-hybridized carbons (Fsp3) is 0.750. The first kappa shape index (κ1) is 16.0. The van der Waals surface area contributed by atoms with Gasteiger partial charge in [-0.2, -0.15) is 0 Å². The monoisotopic (exact) mass is 293 g/mol. The average molecular weight is 293 g/mol. The Morgan fingerprint density at radius 1 is 1.33 bits per heavy atom. The van der Waals surface area contributed by atoms with Crippen LogP contribution in [-0.4, -0.2) is 40.1 Å². The van der Waals surface area contributed by atoms with Gasteiger partial charge in [0.05, 0.1) is 31.1 Å². The Kier molecular flexibility index (Phi) is 6.23. The van der Waals surface area contributed by atoms with E-state index in [1.54, 1.807) is 0 Å². The maximum atomic E-state index is 12.0. The van der Waals surface area contributed by atoms with Crippen LogP contribution in [0.25, 0.3) is 0 Å². The minimum absolute atomic E-state index is 0.0957. The van der Waals surface area contributed by atoms with E-state index in [9.17, 15) is 4.79 Å². The first-order valence-corrected chi connectivity index (χ1v) is 8.16. The van der Waals surface area contributed by atoms with Crippen LogP contribution in [0.5, 0.6) is 0 Å². The van der Waals surface area contributed by atoms with Crippen molar-refractivity contribution in [3.63, 3.8) is 0 Å². The summed E-state index contributed by atoms with van der Waals surface area (Å²) < 4.78 is 7.34. The molecule has 0 aliphatic carbocycles. The summed E-state index contributed by atoms with van der Waals surface area (Å²) >= 11 is 0. The summed E-state index contributed by atoms with van der Waals surface area (Å²) in [4.78, 5) is 18.7. The third-order valence-electron chi connectivity index (χ3n) is 4.05. The zero-order chi connectivity index (χ0) is 15.1. The van der Waals surface area contributed by atoms with Gasteiger partial charge in [0.2, 0.25) is 0 Å². The second-order valence-electron chi connectivity index (χ2n) is 5.63. The van der Waals surface area contributed by atoms with E-state index in [0.29, 0.717) is 13.0 Å². The number of nitrogens with zero attached hydrogens (tertiary/aromatic N) is 3. The van der Waals surface area contributed by atoms with Crippen LogP contribution in [0.3, 0.4) is 0 Å². The molecule has 21 heavy (non-hydrogen) atoms. The van der Waals surface area contributed by atoms with Crippen molar-refractivity contribution in [2.45, 2.75) is 58.5 Å². The van der Waals surface area contributed by atoms with E-state index in [4.69, 9.17) is 4.74 Å². The van der Waals surface area contributed by atoms with Gasteiger partial charge in [-0.15, -0.1) is 0 Å². The third kappa shape index (κ3) is 4.30. The van der Waals surface area contributed by atoms with Crippen LogP contribution in [0.2, 0.25) is 0 Å². The maximum Gasteiger partial charge on any atom is 0.307 e. The molecular formula is C16H27N3O2. The Hall–Kier alpha value is -1.36. The normalized spacial score (nSPS) is 17.6. The lowest BCUT2D eigenvalue weighted by atomic mass is 10.0. The zero-order valence-corrected chi connectivity index (χ0v) is 13.3. The number of imidazole rings is 1. The number of aryl methyl sites for hydroxylation is 1. The lowest BCUT2D eigenvalue weighted by Crippen LogP contribution is -2.36. The predicted molar refractivity (Wildman–Crippen MR) is 81.9 cm³/mol. The Morgan fingerprint density at radius 3 is 2.76 bits per heavy atom. The molecular weight excluding hydrogens is 266 g/mol. The van der Waals surface area contributed by atoms with E-state index >= 15 is 0 Å². The Morgan fingerprint density at radius 2 is 2.10 bits per heavy atom. The van der Waals surface area contributed by atoms with Gasteiger partial charge in [0.1, 0.15) is 0 Å². The number of carbonyl (C=O) groups excluding carboxylic acids is 1. The summed E-state index contributed by atoms with van der Waals surface area (Å²) in [6.45, 7) is 7.52. The fourth-order valence-corrected chi connectivity index (χ4v) is 3.06. The van der Waals surface area contributed by atoms with Gasteiger partial charge in [-0.1, -0.05) is 13.3 Å². The van der Waals surface area contributed by atoms with Crippen LogP contribution in [0.15, 0.2) is 12.5 Å². The molecule has 1 aliphatic heterocycles. The largest absolute Gasteiger partial charge is 0.466 e. The topological polar surface area (TPSA) is 47.4 Å². The van der Waals surface area contributed by atoms with Crippen molar-refractivity contribution in [3.8, 4) is 0 Å². The number of piperidine rings is 1. The Bertz CT molecular complexity index is 438. The molecule has 1 aromatic rings. The molecule has 0 saturated carbocycles. The molecule has 0 aromatic carbocycles. The SMILES string of the molecule is CCCn1cncc1C(CC(=O)OCC)N1CCCCC1. The second kappa shape index (κ2) is 8.17. The molecule has 1 aromatic heterocycles. The quantitative estimate of drug-likeness (QED) is 0.725. The van der Waals surface area contributed by atoms with E-state index in [1.807, 2.05) is 19.4 Å². The average Bonchev–Trinajstić information content (AvgIpc) is 2.94. The summed E-state index contributed by atoms with van der Waals surface area (Å²) in [5.74, 6) is -0.114. The molecule has 5 heteroatoms. The molecule has 1 saturated heterocycles. The zero-order valence-electron chi connectivity index (χ0n) is 13.3. The van der Waals surface area contributed by atoms with Crippen LogP contribution in [0, 0.1) is 0 Å².